The van der Waals surface area contributed by atoms with Crippen LogP contribution in [-0.4, -0.2) is 43.5 Å². The molecule has 1 saturated heterocycles. The van der Waals surface area contributed by atoms with Gasteiger partial charge in [-0.05, 0) is 53.1 Å². The van der Waals surface area contributed by atoms with E-state index in [1.807, 2.05) is 23.3 Å². The van der Waals surface area contributed by atoms with Gasteiger partial charge >= 0.3 is 12.0 Å². The van der Waals surface area contributed by atoms with E-state index in [9.17, 15) is 22.4 Å². The van der Waals surface area contributed by atoms with E-state index in [2.05, 4.69) is 9.97 Å². The molecule has 2 fully saturated rings. The largest absolute Gasteiger partial charge is 0.416 e. The minimum atomic E-state index is -4.51. The summed E-state index contributed by atoms with van der Waals surface area (Å²) in [5.41, 5.74) is 0.126. The number of piperidine rings is 1. The number of likely N-dealkylation sites (tertiary alicyclic amines) is 1. The summed E-state index contributed by atoms with van der Waals surface area (Å²) in [5, 5.41) is 0. The number of carbonyl (C=O) groups is 1. The Hall–Kier alpha value is -3.89. The number of nitrogens with zero attached hydrogens (tertiary/aromatic N) is 6. The Morgan fingerprint density at radius 1 is 1.08 bits per heavy atom. The van der Waals surface area contributed by atoms with Crippen molar-refractivity contribution in [2.45, 2.75) is 31.9 Å². The van der Waals surface area contributed by atoms with E-state index in [4.69, 9.17) is 4.98 Å². The zero-order valence-electron chi connectivity index (χ0n) is 21.4. The van der Waals surface area contributed by atoms with Crippen molar-refractivity contribution >= 4 is 11.5 Å². The molecule has 202 valence electrons. The van der Waals surface area contributed by atoms with Crippen LogP contribution in [0.5, 0.6) is 0 Å². The van der Waals surface area contributed by atoms with Gasteiger partial charge in [0.2, 0.25) is 5.91 Å². The topological polar surface area (TPSA) is 67.8 Å². The summed E-state index contributed by atoms with van der Waals surface area (Å²) in [5.74, 6) is 1.55. The van der Waals surface area contributed by atoms with E-state index in [-0.39, 0.29) is 47.4 Å². The van der Waals surface area contributed by atoms with Gasteiger partial charge < -0.3 is 4.90 Å². The molecule has 6 rings (SSSR count). The fourth-order valence-electron chi connectivity index (χ4n) is 5.95. The standard InChI is InChI=1S/C28H27F4N6O/c1-16-12-18(8-9-22(16)29)25-35-26(38(36(25)2)27-33-10-5-11-34-27)24-19-14-37(15-20(19)24)23(39)13-17-6-3-4-7-21(17)28(30,31)32/h3-11,16,19-20,24H,12-15H2,1-2H3/q+1. The van der Waals surface area contributed by atoms with E-state index in [1.54, 1.807) is 29.4 Å². The van der Waals surface area contributed by atoms with Crippen LogP contribution in [0.3, 0.4) is 0 Å². The average Bonchev–Trinajstić information content (AvgIpc) is 3.22. The van der Waals surface area contributed by atoms with Crippen LogP contribution in [0.1, 0.15) is 42.0 Å². The van der Waals surface area contributed by atoms with Crippen molar-refractivity contribution in [2.75, 3.05) is 13.1 Å². The number of allylic oxidation sites excluding steroid dienone is 4. The van der Waals surface area contributed by atoms with Gasteiger partial charge in [0.25, 0.3) is 11.8 Å². The molecule has 39 heavy (non-hydrogen) atoms. The monoisotopic (exact) mass is 539 g/mol. The van der Waals surface area contributed by atoms with Crippen LogP contribution in [0, 0.1) is 17.8 Å². The maximum atomic E-state index is 14.0. The summed E-state index contributed by atoms with van der Waals surface area (Å²) in [6.07, 6.45) is 2.25. The summed E-state index contributed by atoms with van der Waals surface area (Å²) < 4.78 is 58.0. The molecule has 1 aromatic carbocycles. The predicted molar refractivity (Wildman–Crippen MR) is 133 cm³/mol. The molecule has 0 radical (unpaired) electrons. The zero-order valence-corrected chi connectivity index (χ0v) is 21.4. The molecule has 3 aliphatic rings. The lowest BCUT2D eigenvalue weighted by molar-refractivity contribution is -0.748. The molecule has 0 N–H and O–H groups in total. The third-order valence-corrected chi connectivity index (χ3v) is 8.02. The smallest absolute Gasteiger partial charge is 0.342 e. The highest BCUT2D eigenvalue weighted by atomic mass is 19.4. The van der Waals surface area contributed by atoms with Gasteiger partial charge in [-0.25, -0.2) is 14.4 Å². The van der Waals surface area contributed by atoms with E-state index in [0.717, 1.165) is 17.5 Å². The van der Waals surface area contributed by atoms with Gasteiger partial charge in [-0.1, -0.05) is 25.1 Å². The number of benzene rings is 1. The maximum Gasteiger partial charge on any atom is 0.416 e. The summed E-state index contributed by atoms with van der Waals surface area (Å²) in [6, 6.07) is 6.95. The molecule has 11 heteroatoms. The van der Waals surface area contributed by atoms with Crippen molar-refractivity contribution < 1.29 is 27.0 Å². The number of rotatable bonds is 5. The average molecular weight is 540 g/mol. The number of carbonyl (C=O) groups excluding carboxylic acids is 1. The number of alkyl halides is 3. The van der Waals surface area contributed by atoms with Crippen LogP contribution < -0.4 is 4.68 Å². The normalized spacial score (nSPS) is 24.3. The number of amides is 1. The molecular weight excluding hydrogens is 512 g/mol. The van der Waals surface area contributed by atoms with Gasteiger partial charge in [-0.15, -0.1) is 9.36 Å². The fraction of sp³-hybridized carbons (Fsp3) is 0.393. The second-order valence-electron chi connectivity index (χ2n) is 10.5. The Kier molecular flexibility index (Phi) is 6.11. The number of fused-ring (bicyclic) bond motifs is 1. The van der Waals surface area contributed by atoms with Crippen LogP contribution in [0.15, 0.2) is 60.7 Å². The maximum absolute atomic E-state index is 14.0. The van der Waals surface area contributed by atoms with Gasteiger partial charge in [0.1, 0.15) is 12.9 Å². The Bertz CT molecular complexity index is 1480. The Morgan fingerprint density at radius 2 is 1.77 bits per heavy atom. The van der Waals surface area contributed by atoms with E-state index >= 15 is 0 Å². The van der Waals surface area contributed by atoms with Crippen LogP contribution in [-0.2, 0) is 24.4 Å². The molecular formula is C28H27F4N6O+. The number of hydrogen-bond donors (Lipinski definition) is 0. The molecule has 7 nitrogen and oxygen atoms in total. The second-order valence-corrected chi connectivity index (χ2v) is 10.5. The van der Waals surface area contributed by atoms with Gasteiger partial charge in [-0.2, -0.15) is 13.2 Å². The van der Waals surface area contributed by atoms with Crippen molar-refractivity contribution in [3.63, 3.8) is 0 Å². The van der Waals surface area contributed by atoms with E-state index < -0.39 is 11.7 Å². The lowest BCUT2D eigenvalue weighted by Crippen LogP contribution is -2.43. The molecule has 0 bridgehead atoms. The lowest BCUT2D eigenvalue weighted by atomic mass is 9.94. The molecule has 1 aliphatic heterocycles. The first-order valence-electron chi connectivity index (χ1n) is 12.9. The first-order valence-corrected chi connectivity index (χ1v) is 12.9. The van der Waals surface area contributed by atoms with E-state index in [1.165, 1.54) is 24.3 Å². The molecule has 2 aliphatic carbocycles. The molecule has 1 saturated carbocycles. The van der Waals surface area contributed by atoms with Crippen molar-refractivity contribution in [3.05, 3.63) is 83.5 Å². The molecule has 1 amide bonds. The van der Waals surface area contributed by atoms with Crippen molar-refractivity contribution in [3.8, 4) is 5.95 Å². The quantitative estimate of drug-likeness (QED) is 0.360. The minimum Gasteiger partial charge on any atom is -0.342 e. The molecule has 3 unspecified atom stereocenters. The highest BCUT2D eigenvalue weighted by Gasteiger charge is 2.62. The first-order chi connectivity index (χ1) is 18.6. The number of aromatic nitrogens is 5. The van der Waals surface area contributed by atoms with Crippen LogP contribution in [0.2, 0.25) is 0 Å². The van der Waals surface area contributed by atoms with Crippen molar-refractivity contribution in [1.29, 1.82) is 0 Å². The van der Waals surface area contributed by atoms with Gasteiger partial charge in [0, 0.05) is 37.0 Å². The minimum absolute atomic E-state index is 0.0129. The van der Waals surface area contributed by atoms with Crippen LogP contribution in [0.25, 0.3) is 11.5 Å². The molecule has 3 atom stereocenters. The summed E-state index contributed by atoms with van der Waals surface area (Å²) in [4.78, 5) is 28.5. The SMILES string of the molecule is CC1CC(c2nc(C3C4CN(C(=O)Cc5ccccc5C(F)(F)F)CC43)n(-c3ncccn3)[n+]2C)=CC=C1F. The zero-order chi connectivity index (χ0) is 27.5. The first kappa shape index (κ1) is 25.4. The summed E-state index contributed by atoms with van der Waals surface area (Å²) in [7, 11) is 1.87. The van der Waals surface area contributed by atoms with E-state index in [0.29, 0.717) is 31.3 Å². The van der Waals surface area contributed by atoms with Gasteiger partial charge in [0.15, 0.2) is 0 Å². The third kappa shape index (κ3) is 4.53. The molecule has 3 heterocycles. The highest BCUT2D eigenvalue weighted by molar-refractivity contribution is 5.80. The Labute approximate surface area is 222 Å². The molecule has 0 spiro atoms. The van der Waals surface area contributed by atoms with Crippen molar-refractivity contribution in [2.24, 2.45) is 24.8 Å². The fourth-order valence-corrected chi connectivity index (χ4v) is 5.95. The summed E-state index contributed by atoms with van der Waals surface area (Å²) in [6.45, 7) is 2.75. The van der Waals surface area contributed by atoms with Crippen LogP contribution in [0.4, 0.5) is 17.6 Å². The van der Waals surface area contributed by atoms with Crippen molar-refractivity contribution in [1.82, 2.24) is 24.5 Å². The molecule has 3 aromatic rings. The molecule has 2 aromatic heterocycles. The Balaban J connectivity index is 1.24. The third-order valence-electron chi connectivity index (χ3n) is 8.02. The van der Waals surface area contributed by atoms with Crippen LogP contribution >= 0.6 is 0 Å². The predicted octanol–water partition coefficient (Wildman–Crippen LogP) is 4.20. The lowest BCUT2D eigenvalue weighted by Gasteiger charge is -2.20. The highest BCUT2D eigenvalue weighted by Crippen LogP contribution is 2.58. The van der Waals surface area contributed by atoms with Gasteiger partial charge in [0.05, 0.1) is 17.9 Å². The Morgan fingerprint density at radius 3 is 2.44 bits per heavy atom. The van der Waals surface area contributed by atoms with Gasteiger partial charge in [-0.3, -0.25) is 4.79 Å². The summed E-state index contributed by atoms with van der Waals surface area (Å²) >= 11 is 0. The number of halogens is 4. The second kappa shape index (κ2) is 9.39. The number of hydrogen-bond acceptors (Lipinski definition) is 4.